The van der Waals surface area contributed by atoms with Gasteiger partial charge in [-0.05, 0) is 36.6 Å². The Hall–Kier alpha value is -1.84. The lowest BCUT2D eigenvalue weighted by molar-refractivity contribution is -0.117. The second-order valence-corrected chi connectivity index (χ2v) is 8.09. The van der Waals surface area contributed by atoms with E-state index < -0.39 is 9.84 Å². The molecule has 1 aromatic carbocycles. The van der Waals surface area contributed by atoms with Crippen LogP contribution in [0.25, 0.3) is 6.08 Å². The summed E-state index contributed by atoms with van der Waals surface area (Å²) in [5.41, 5.74) is 0.825. The van der Waals surface area contributed by atoms with Crippen molar-refractivity contribution in [3.05, 3.63) is 40.4 Å². The SMILES string of the molecule is N#CCCS(=O)(=O)C/C(=C\c1cccc(Cl)c1)C(=O)NC1CC1. The maximum atomic E-state index is 12.3. The number of nitriles is 1. The summed E-state index contributed by atoms with van der Waals surface area (Å²) >= 11 is 5.92. The van der Waals surface area contributed by atoms with E-state index in [0.717, 1.165) is 12.8 Å². The molecule has 0 bridgehead atoms. The highest BCUT2D eigenvalue weighted by Gasteiger charge is 2.26. The molecule has 0 saturated heterocycles. The number of nitrogens with zero attached hydrogens (tertiary/aromatic N) is 1. The van der Waals surface area contributed by atoms with Crippen molar-refractivity contribution in [1.29, 1.82) is 5.26 Å². The number of benzene rings is 1. The zero-order chi connectivity index (χ0) is 16.9. The number of carbonyl (C=O) groups is 1. The smallest absolute Gasteiger partial charge is 0.248 e. The van der Waals surface area contributed by atoms with Gasteiger partial charge in [-0.3, -0.25) is 4.79 Å². The van der Waals surface area contributed by atoms with Crippen LogP contribution in [0.2, 0.25) is 5.02 Å². The standard InChI is InChI=1S/C16H17ClN2O3S/c17-14-4-1-3-12(10-14)9-13(16(20)19-15-5-6-15)11-23(21,22)8-2-7-18/h1,3-4,9-10,15H,2,5-6,8,11H2,(H,19,20)/b13-9+. The molecule has 0 aliphatic heterocycles. The molecule has 0 radical (unpaired) electrons. The number of rotatable bonds is 7. The van der Waals surface area contributed by atoms with Crippen LogP contribution in [-0.2, 0) is 14.6 Å². The highest BCUT2D eigenvalue weighted by molar-refractivity contribution is 7.91. The molecule has 0 aromatic heterocycles. The van der Waals surface area contributed by atoms with Crippen molar-refractivity contribution in [2.45, 2.75) is 25.3 Å². The molecule has 0 atom stereocenters. The quantitative estimate of drug-likeness (QED) is 0.763. The van der Waals surface area contributed by atoms with E-state index in [0.29, 0.717) is 10.6 Å². The third-order valence-electron chi connectivity index (χ3n) is 3.29. The van der Waals surface area contributed by atoms with Crippen LogP contribution in [0.15, 0.2) is 29.8 Å². The van der Waals surface area contributed by atoms with Crippen LogP contribution in [0, 0.1) is 11.3 Å². The zero-order valence-electron chi connectivity index (χ0n) is 12.5. The molecule has 7 heteroatoms. The van der Waals surface area contributed by atoms with Crippen molar-refractivity contribution in [3.63, 3.8) is 0 Å². The maximum absolute atomic E-state index is 12.3. The Bertz CT molecular complexity index is 762. The molecule has 122 valence electrons. The number of hydrogen-bond donors (Lipinski definition) is 1. The van der Waals surface area contributed by atoms with Crippen LogP contribution in [0.3, 0.4) is 0 Å². The molecule has 1 aliphatic carbocycles. The molecule has 0 unspecified atom stereocenters. The van der Waals surface area contributed by atoms with Crippen molar-refractivity contribution in [3.8, 4) is 6.07 Å². The fourth-order valence-electron chi connectivity index (χ4n) is 1.99. The molecule has 23 heavy (non-hydrogen) atoms. The van der Waals surface area contributed by atoms with Gasteiger partial charge < -0.3 is 5.32 Å². The highest BCUT2D eigenvalue weighted by Crippen LogP contribution is 2.20. The predicted molar refractivity (Wildman–Crippen MR) is 89.5 cm³/mol. The Kier molecular flexibility index (Phi) is 5.80. The van der Waals surface area contributed by atoms with Crippen LogP contribution in [0.5, 0.6) is 0 Å². The van der Waals surface area contributed by atoms with Gasteiger partial charge in [0.05, 0.1) is 17.6 Å². The first-order valence-electron chi connectivity index (χ1n) is 7.24. The summed E-state index contributed by atoms with van der Waals surface area (Å²) in [6, 6.07) is 8.78. The Morgan fingerprint density at radius 2 is 2.17 bits per heavy atom. The summed E-state index contributed by atoms with van der Waals surface area (Å²) in [6.07, 6.45) is 3.28. The van der Waals surface area contributed by atoms with Gasteiger partial charge >= 0.3 is 0 Å². The Labute approximate surface area is 140 Å². The first-order chi connectivity index (χ1) is 10.9. The number of carbonyl (C=O) groups excluding carboxylic acids is 1. The van der Waals surface area contributed by atoms with E-state index in [1.165, 1.54) is 6.08 Å². The highest BCUT2D eigenvalue weighted by atomic mass is 35.5. The normalized spacial score (nSPS) is 15.0. The second-order valence-electron chi connectivity index (χ2n) is 5.47. The molecular formula is C16H17ClN2O3S. The summed E-state index contributed by atoms with van der Waals surface area (Å²) in [7, 11) is -3.52. The van der Waals surface area contributed by atoms with Crippen molar-refractivity contribution in [2.24, 2.45) is 0 Å². The van der Waals surface area contributed by atoms with Crippen LogP contribution < -0.4 is 5.32 Å². The lowest BCUT2D eigenvalue weighted by atomic mass is 10.1. The molecule has 1 saturated carbocycles. The molecule has 5 nitrogen and oxygen atoms in total. The second kappa shape index (κ2) is 7.62. The topological polar surface area (TPSA) is 87.0 Å². The van der Waals surface area contributed by atoms with E-state index in [2.05, 4.69) is 5.32 Å². The summed E-state index contributed by atoms with van der Waals surface area (Å²) in [6.45, 7) is 0. The minimum atomic E-state index is -3.52. The van der Waals surface area contributed by atoms with Gasteiger partial charge in [-0.1, -0.05) is 23.7 Å². The fraction of sp³-hybridized carbons (Fsp3) is 0.375. The van der Waals surface area contributed by atoms with E-state index in [-0.39, 0.29) is 35.4 Å². The monoisotopic (exact) mass is 352 g/mol. The minimum absolute atomic E-state index is 0.0863. The van der Waals surface area contributed by atoms with Gasteiger partial charge in [0, 0.05) is 23.1 Å². The Morgan fingerprint density at radius 3 is 2.78 bits per heavy atom. The van der Waals surface area contributed by atoms with Crippen molar-refractivity contribution >= 4 is 33.4 Å². The minimum Gasteiger partial charge on any atom is -0.350 e. The van der Waals surface area contributed by atoms with Crippen molar-refractivity contribution in [2.75, 3.05) is 11.5 Å². The number of amides is 1. The van der Waals surface area contributed by atoms with Gasteiger partial charge in [-0.25, -0.2) is 8.42 Å². The average Bonchev–Trinajstić information content (AvgIpc) is 3.28. The van der Waals surface area contributed by atoms with Gasteiger partial charge in [0.1, 0.15) is 0 Å². The molecule has 1 amide bonds. The molecule has 1 N–H and O–H groups in total. The number of hydrogen-bond acceptors (Lipinski definition) is 4. The fourth-order valence-corrected chi connectivity index (χ4v) is 3.42. The van der Waals surface area contributed by atoms with Crippen molar-refractivity contribution in [1.82, 2.24) is 5.32 Å². The summed E-state index contributed by atoms with van der Waals surface area (Å²) < 4.78 is 24.1. The van der Waals surface area contributed by atoms with Crippen LogP contribution in [0.4, 0.5) is 0 Å². The van der Waals surface area contributed by atoms with E-state index in [9.17, 15) is 13.2 Å². The largest absolute Gasteiger partial charge is 0.350 e. The first-order valence-corrected chi connectivity index (χ1v) is 9.44. The molecule has 2 rings (SSSR count). The van der Waals surface area contributed by atoms with E-state index in [1.54, 1.807) is 24.3 Å². The van der Waals surface area contributed by atoms with Crippen LogP contribution in [-0.4, -0.2) is 31.9 Å². The molecule has 1 fully saturated rings. The number of nitrogens with one attached hydrogen (secondary N) is 1. The molecule has 0 heterocycles. The van der Waals surface area contributed by atoms with Gasteiger partial charge in [0.15, 0.2) is 9.84 Å². The van der Waals surface area contributed by atoms with Crippen molar-refractivity contribution < 1.29 is 13.2 Å². The van der Waals surface area contributed by atoms with E-state index in [1.807, 2.05) is 6.07 Å². The first kappa shape index (κ1) is 17.5. The van der Waals surface area contributed by atoms with Crippen LogP contribution >= 0.6 is 11.6 Å². The third kappa shape index (κ3) is 6.05. The number of halogens is 1. The van der Waals surface area contributed by atoms with Crippen LogP contribution in [0.1, 0.15) is 24.8 Å². The number of sulfone groups is 1. The maximum Gasteiger partial charge on any atom is 0.248 e. The Balaban J connectivity index is 2.24. The van der Waals surface area contributed by atoms with Gasteiger partial charge in [0.2, 0.25) is 5.91 Å². The zero-order valence-corrected chi connectivity index (χ0v) is 14.0. The lowest BCUT2D eigenvalue weighted by Gasteiger charge is -2.09. The van der Waals surface area contributed by atoms with Gasteiger partial charge in [0.25, 0.3) is 0 Å². The lowest BCUT2D eigenvalue weighted by Crippen LogP contribution is -2.30. The summed E-state index contributed by atoms with van der Waals surface area (Å²) in [5, 5.41) is 11.8. The van der Waals surface area contributed by atoms with Gasteiger partial charge in [-0.15, -0.1) is 0 Å². The van der Waals surface area contributed by atoms with Gasteiger partial charge in [-0.2, -0.15) is 5.26 Å². The third-order valence-corrected chi connectivity index (χ3v) is 5.11. The average molecular weight is 353 g/mol. The predicted octanol–water partition coefficient (Wildman–Crippen LogP) is 2.33. The Morgan fingerprint density at radius 1 is 1.43 bits per heavy atom. The molecule has 1 aromatic rings. The van der Waals surface area contributed by atoms with E-state index >= 15 is 0 Å². The molecule has 0 spiro atoms. The van der Waals surface area contributed by atoms with E-state index in [4.69, 9.17) is 16.9 Å². The molecular weight excluding hydrogens is 336 g/mol. The summed E-state index contributed by atoms with van der Waals surface area (Å²) in [4.78, 5) is 12.3. The summed E-state index contributed by atoms with van der Waals surface area (Å²) in [5.74, 6) is -1.03. The molecule has 1 aliphatic rings.